The van der Waals surface area contributed by atoms with Crippen LogP contribution in [0.15, 0.2) is 22.7 Å². The second kappa shape index (κ2) is 6.48. The van der Waals surface area contributed by atoms with E-state index in [2.05, 4.69) is 33.1 Å². The molecule has 1 aromatic carbocycles. The summed E-state index contributed by atoms with van der Waals surface area (Å²) < 4.78 is 6.79. The molecule has 0 saturated heterocycles. The van der Waals surface area contributed by atoms with E-state index in [1.165, 1.54) is 0 Å². The number of nitrogens with zero attached hydrogens (tertiary/aromatic N) is 1. The van der Waals surface area contributed by atoms with Gasteiger partial charge in [0.05, 0.1) is 18.8 Å². The van der Waals surface area contributed by atoms with Gasteiger partial charge in [-0.25, -0.2) is 0 Å². The van der Waals surface area contributed by atoms with E-state index < -0.39 is 0 Å². The van der Waals surface area contributed by atoms with Crippen molar-refractivity contribution in [1.29, 1.82) is 0 Å². The monoisotopic (exact) mass is 340 g/mol. The van der Waals surface area contributed by atoms with Crippen LogP contribution in [0.25, 0.3) is 0 Å². The van der Waals surface area contributed by atoms with Crippen LogP contribution in [0.2, 0.25) is 0 Å². The molecule has 0 bridgehead atoms. The minimum atomic E-state index is 0.0550. The summed E-state index contributed by atoms with van der Waals surface area (Å²) in [6.07, 6.45) is 1.02. The Bertz CT molecular complexity index is 493. The first-order valence-electron chi connectivity index (χ1n) is 7.00. The Morgan fingerprint density at radius 1 is 1.60 bits per heavy atom. The predicted octanol–water partition coefficient (Wildman–Crippen LogP) is 2.95. The van der Waals surface area contributed by atoms with Gasteiger partial charge in [-0.15, -0.1) is 0 Å². The van der Waals surface area contributed by atoms with Gasteiger partial charge in [0.1, 0.15) is 11.9 Å². The van der Waals surface area contributed by atoms with Gasteiger partial charge in [0, 0.05) is 10.5 Å². The van der Waals surface area contributed by atoms with E-state index in [-0.39, 0.29) is 18.1 Å². The van der Waals surface area contributed by atoms with E-state index in [0.717, 1.165) is 28.9 Å². The number of nitrogens with one attached hydrogen (secondary N) is 1. The largest absolute Gasteiger partial charge is 0.487 e. The number of carbonyl (C=O) groups excluding carboxylic acids is 1. The lowest BCUT2D eigenvalue weighted by molar-refractivity contribution is -0.120. The van der Waals surface area contributed by atoms with Crippen molar-refractivity contribution >= 4 is 27.5 Å². The van der Waals surface area contributed by atoms with Gasteiger partial charge in [-0.1, -0.05) is 22.9 Å². The summed E-state index contributed by atoms with van der Waals surface area (Å²) in [7, 11) is 0. The lowest BCUT2D eigenvalue weighted by atomic mass is 10.2. The van der Waals surface area contributed by atoms with E-state index in [4.69, 9.17) is 4.74 Å². The van der Waals surface area contributed by atoms with E-state index in [1.807, 2.05) is 32.0 Å². The standard InChI is InChI=1S/C15H21BrN2O2/c1-4-10(2)17-15(19)9-18-8-11(3)20-14-6-5-12(16)7-13(14)18/h5-7,10-11H,4,8-9H2,1-3H3,(H,17,19)/t10-,11+/m0/s1. The van der Waals surface area contributed by atoms with Gasteiger partial charge in [0.25, 0.3) is 0 Å². The molecular weight excluding hydrogens is 320 g/mol. The fraction of sp³-hybridized carbons (Fsp3) is 0.533. The summed E-state index contributed by atoms with van der Waals surface area (Å²) in [5.41, 5.74) is 0.969. The van der Waals surface area contributed by atoms with Crippen LogP contribution in [0.3, 0.4) is 0 Å². The normalized spacial score (nSPS) is 19.0. The molecule has 0 fully saturated rings. The van der Waals surface area contributed by atoms with Gasteiger partial charge in [0.15, 0.2) is 0 Å². The van der Waals surface area contributed by atoms with Crippen LogP contribution in [0.5, 0.6) is 5.75 Å². The minimum absolute atomic E-state index is 0.0550. The average molecular weight is 341 g/mol. The SMILES string of the molecule is CC[C@H](C)NC(=O)CN1C[C@@H](C)Oc2ccc(Br)cc21. The van der Waals surface area contributed by atoms with Crippen LogP contribution in [0, 0.1) is 0 Å². The molecule has 0 spiro atoms. The highest BCUT2D eigenvalue weighted by Crippen LogP contribution is 2.35. The van der Waals surface area contributed by atoms with Crippen molar-refractivity contribution in [1.82, 2.24) is 5.32 Å². The Morgan fingerprint density at radius 3 is 3.05 bits per heavy atom. The van der Waals surface area contributed by atoms with Crippen molar-refractivity contribution in [3.63, 3.8) is 0 Å². The lowest BCUT2D eigenvalue weighted by Gasteiger charge is -2.34. The summed E-state index contributed by atoms with van der Waals surface area (Å²) >= 11 is 3.47. The molecular formula is C15H21BrN2O2. The Labute approximate surface area is 128 Å². The van der Waals surface area contributed by atoms with Crippen LogP contribution >= 0.6 is 15.9 Å². The smallest absolute Gasteiger partial charge is 0.239 e. The molecule has 0 aromatic heterocycles. The molecule has 5 heteroatoms. The Hall–Kier alpha value is -1.23. The second-order valence-electron chi connectivity index (χ2n) is 5.30. The molecule has 1 heterocycles. The maximum atomic E-state index is 12.1. The molecule has 1 aromatic rings. The number of rotatable bonds is 4. The van der Waals surface area contributed by atoms with Crippen molar-refractivity contribution in [2.45, 2.75) is 39.3 Å². The van der Waals surface area contributed by atoms with Crippen molar-refractivity contribution in [2.75, 3.05) is 18.0 Å². The fourth-order valence-electron chi connectivity index (χ4n) is 2.25. The molecule has 0 saturated carbocycles. The van der Waals surface area contributed by atoms with Gasteiger partial charge >= 0.3 is 0 Å². The number of carbonyl (C=O) groups is 1. The third-order valence-corrected chi connectivity index (χ3v) is 3.91. The van der Waals surface area contributed by atoms with Crippen molar-refractivity contribution < 1.29 is 9.53 Å². The number of halogens is 1. The number of benzene rings is 1. The van der Waals surface area contributed by atoms with Crippen LogP contribution in [0.1, 0.15) is 27.2 Å². The second-order valence-corrected chi connectivity index (χ2v) is 6.21. The van der Waals surface area contributed by atoms with Crippen molar-refractivity contribution in [3.8, 4) is 5.75 Å². The van der Waals surface area contributed by atoms with E-state index >= 15 is 0 Å². The quantitative estimate of drug-likeness (QED) is 0.916. The lowest BCUT2D eigenvalue weighted by Crippen LogP contribution is -2.46. The molecule has 0 radical (unpaired) electrons. The number of anilines is 1. The first-order valence-corrected chi connectivity index (χ1v) is 7.79. The maximum absolute atomic E-state index is 12.1. The zero-order chi connectivity index (χ0) is 14.7. The number of hydrogen-bond donors (Lipinski definition) is 1. The average Bonchev–Trinajstić information content (AvgIpc) is 2.39. The van der Waals surface area contributed by atoms with Crippen LogP contribution in [0.4, 0.5) is 5.69 Å². The zero-order valence-corrected chi connectivity index (χ0v) is 13.7. The Kier molecular flexibility index (Phi) is 4.91. The van der Waals surface area contributed by atoms with Crippen LogP contribution < -0.4 is 15.0 Å². The van der Waals surface area contributed by atoms with Crippen molar-refractivity contribution in [3.05, 3.63) is 22.7 Å². The summed E-state index contributed by atoms with van der Waals surface area (Å²) in [4.78, 5) is 14.2. The molecule has 0 aliphatic carbocycles. The molecule has 4 nitrogen and oxygen atoms in total. The molecule has 1 amide bonds. The predicted molar refractivity (Wildman–Crippen MR) is 84.3 cm³/mol. The van der Waals surface area contributed by atoms with Crippen LogP contribution in [-0.4, -0.2) is 31.1 Å². The van der Waals surface area contributed by atoms with Gasteiger partial charge in [-0.05, 0) is 38.5 Å². The third kappa shape index (κ3) is 3.66. The van der Waals surface area contributed by atoms with Gasteiger partial charge in [-0.2, -0.15) is 0 Å². The number of ether oxygens (including phenoxy) is 1. The van der Waals surface area contributed by atoms with Crippen molar-refractivity contribution in [2.24, 2.45) is 0 Å². The highest BCUT2D eigenvalue weighted by Gasteiger charge is 2.24. The number of hydrogen-bond acceptors (Lipinski definition) is 3. The number of fused-ring (bicyclic) bond motifs is 1. The first kappa shape index (κ1) is 15.2. The Morgan fingerprint density at radius 2 is 2.35 bits per heavy atom. The first-order chi connectivity index (χ1) is 9.49. The summed E-state index contributed by atoms with van der Waals surface area (Å²) in [6.45, 7) is 7.18. The molecule has 110 valence electrons. The highest BCUT2D eigenvalue weighted by molar-refractivity contribution is 9.10. The fourth-order valence-corrected chi connectivity index (χ4v) is 2.59. The number of amides is 1. The van der Waals surface area contributed by atoms with Gasteiger partial charge < -0.3 is 15.0 Å². The molecule has 2 rings (SSSR count). The topological polar surface area (TPSA) is 41.6 Å². The molecule has 0 unspecified atom stereocenters. The maximum Gasteiger partial charge on any atom is 0.239 e. The van der Waals surface area contributed by atoms with E-state index in [1.54, 1.807) is 0 Å². The summed E-state index contributed by atoms with van der Waals surface area (Å²) in [5, 5.41) is 3.00. The Balaban J connectivity index is 2.12. The van der Waals surface area contributed by atoms with Gasteiger partial charge in [-0.3, -0.25) is 4.79 Å². The van der Waals surface area contributed by atoms with E-state index in [0.29, 0.717) is 6.54 Å². The molecule has 20 heavy (non-hydrogen) atoms. The molecule has 1 N–H and O–H groups in total. The molecule has 2 atom stereocenters. The molecule has 1 aliphatic rings. The van der Waals surface area contributed by atoms with Gasteiger partial charge in [0.2, 0.25) is 5.91 Å². The van der Waals surface area contributed by atoms with Crippen LogP contribution in [-0.2, 0) is 4.79 Å². The minimum Gasteiger partial charge on any atom is -0.487 e. The zero-order valence-electron chi connectivity index (χ0n) is 12.1. The third-order valence-electron chi connectivity index (χ3n) is 3.42. The summed E-state index contributed by atoms with van der Waals surface area (Å²) in [5.74, 6) is 0.891. The highest BCUT2D eigenvalue weighted by atomic mass is 79.9. The van der Waals surface area contributed by atoms with E-state index in [9.17, 15) is 4.79 Å². The summed E-state index contributed by atoms with van der Waals surface area (Å²) in [6, 6.07) is 6.10. The molecule has 1 aliphatic heterocycles.